The second-order valence-electron chi connectivity index (χ2n) is 12.2. The van der Waals surface area contributed by atoms with Gasteiger partial charge in [-0.1, -0.05) is 18.2 Å². The zero-order chi connectivity index (χ0) is 37.3. The summed E-state index contributed by atoms with van der Waals surface area (Å²) < 4.78 is 45.8. The Kier molecular flexibility index (Phi) is 11.8. The summed E-state index contributed by atoms with van der Waals surface area (Å²) in [5, 5.41) is 6.36. The van der Waals surface area contributed by atoms with Crippen molar-refractivity contribution in [3.8, 4) is 46.0 Å². The van der Waals surface area contributed by atoms with E-state index in [0.29, 0.717) is 64.8 Å². The van der Waals surface area contributed by atoms with E-state index in [9.17, 15) is 4.79 Å². The Bertz CT molecular complexity index is 1900. The molecule has 0 aliphatic carbocycles. The third-order valence-electron chi connectivity index (χ3n) is 8.96. The molecule has 2 aliphatic rings. The number of methoxy groups -OCH3 is 6. The zero-order valence-electron chi connectivity index (χ0n) is 30.7. The molecule has 2 aliphatic heterocycles. The lowest BCUT2D eigenvalue weighted by atomic mass is 10.0. The highest BCUT2D eigenvalue weighted by molar-refractivity contribution is 6.01. The van der Waals surface area contributed by atoms with Crippen molar-refractivity contribution in [2.75, 3.05) is 61.2 Å². The number of fused-ring (bicyclic) bond motifs is 1. The van der Waals surface area contributed by atoms with Crippen molar-refractivity contribution in [3.05, 3.63) is 95.1 Å². The van der Waals surface area contributed by atoms with Crippen molar-refractivity contribution >= 4 is 17.3 Å². The Labute approximate surface area is 309 Å². The minimum Gasteiger partial charge on any atom is -0.493 e. The molecule has 4 aromatic carbocycles. The van der Waals surface area contributed by atoms with Crippen LogP contribution in [0.3, 0.4) is 0 Å². The number of anilines is 1. The zero-order valence-corrected chi connectivity index (χ0v) is 30.7. The molecule has 4 aromatic rings. The van der Waals surface area contributed by atoms with Gasteiger partial charge in [0.25, 0.3) is 5.91 Å². The van der Waals surface area contributed by atoms with Gasteiger partial charge in [0, 0.05) is 11.3 Å². The van der Waals surface area contributed by atoms with Crippen LogP contribution < -0.4 is 54.0 Å². The van der Waals surface area contributed by atoms with E-state index < -0.39 is 6.10 Å². The summed E-state index contributed by atoms with van der Waals surface area (Å²) in [6, 6.07) is 20.5. The summed E-state index contributed by atoms with van der Waals surface area (Å²) in [5.74, 6) is 4.26. The van der Waals surface area contributed by atoms with Gasteiger partial charge in [0.05, 0.1) is 67.1 Å². The largest absolute Gasteiger partial charge is 0.493 e. The van der Waals surface area contributed by atoms with Crippen LogP contribution in [0.25, 0.3) is 5.70 Å². The normalized spacial score (nSPS) is 15.9. The Morgan fingerprint density at radius 3 is 1.89 bits per heavy atom. The van der Waals surface area contributed by atoms with Gasteiger partial charge in [0.2, 0.25) is 11.5 Å². The van der Waals surface area contributed by atoms with Gasteiger partial charge in [-0.05, 0) is 85.0 Å². The van der Waals surface area contributed by atoms with E-state index in [2.05, 4.69) is 16.1 Å². The number of nitrogens with one attached hydrogen (secondary N) is 3. The second kappa shape index (κ2) is 17.0. The molecule has 0 aromatic heterocycles. The van der Waals surface area contributed by atoms with Crippen molar-refractivity contribution in [2.45, 2.75) is 31.5 Å². The highest BCUT2D eigenvalue weighted by Gasteiger charge is 2.27. The van der Waals surface area contributed by atoms with Crippen LogP contribution in [-0.2, 0) is 4.84 Å². The maximum atomic E-state index is 12.6. The van der Waals surface area contributed by atoms with Crippen LogP contribution in [0.5, 0.6) is 46.0 Å². The van der Waals surface area contributed by atoms with E-state index in [1.165, 1.54) is 0 Å². The van der Waals surface area contributed by atoms with E-state index in [1.807, 2.05) is 66.7 Å². The highest BCUT2D eigenvalue weighted by atomic mass is 16.7. The van der Waals surface area contributed by atoms with Crippen LogP contribution in [0, 0.1) is 0 Å². The summed E-state index contributed by atoms with van der Waals surface area (Å²) in [7, 11) is 9.50. The van der Waals surface area contributed by atoms with Crippen LogP contribution in [-0.4, -0.2) is 61.8 Å². The standard InChI is InChI=1S/C40H45N3O10/c1-45-32-18-24(39-41-28-13-9-8-12-27(28)40(44)42-39)14-15-30(32)51-16-10-7-11-17-52-38-35(48-4)21-26(22-36(38)49-5)31-23-29(43-53-31)25-19-33(46-2)37(50-6)34(20-25)47-3/h8-9,12-15,18-23,31,39,41,43H,7,10-11,16-17H2,1-6H3,(H,42,44). The molecule has 0 bridgehead atoms. The average molecular weight is 728 g/mol. The molecule has 0 fully saturated rings. The molecule has 2 atom stereocenters. The number of para-hydroxylation sites is 1. The fourth-order valence-corrected chi connectivity index (χ4v) is 6.20. The minimum absolute atomic E-state index is 0.126. The number of unbranched alkanes of at least 4 members (excludes halogenated alkanes) is 2. The summed E-state index contributed by atoms with van der Waals surface area (Å²) >= 11 is 0. The summed E-state index contributed by atoms with van der Waals surface area (Å²) in [4.78, 5) is 18.5. The van der Waals surface area contributed by atoms with Crippen molar-refractivity contribution in [1.29, 1.82) is 0 Å². The van der Waals surface area contributed by atoms with E-state index in [1.54, 1.807) is 48.7 Å². The van der Waals surface area contributed by atoms with Gasteiger partial charge in [0.15, 0.2) is 34.5 Å². The van der Waals surface area contributed by atoms with Crippen molar-refractivity contribution in [2.24, 2.45) is 0 Å². The molecule has 13 nitrogen and oxygen atoms in total. The molecular formula is C40H45N3O10. The van der Waals surface area contributed by atoms with Crippen molar-refractivity contribution < 1.29 is 47.5 Å². The molecular weight excluding hydrogens is 682 g/mol. The fourth-order valence-electron chi connectivity index (χ4n) is 6.20. The highest BCUT2D eigenvalue weighted by Crippen LogP contribution is 2.44. The van der Waals surface area contributed by atoms with E-state index in [-0.39, 0.29) is 12.1 Å². The molecule has 280 valence electrons. The van der Waals surface area contributed by atoms with Gasteiger partial charge in [0.1, 0.15) is 12.3 Å². The van der Waals surface area contributed by atoms with Gasteiger partial charge < -0.3 is 48.5 Å². The second-order valence-corrected chi connectivity index (χ2v) is 12.2. The van der Waals surface area contributed by atoms with Crippen molar-refractivity contribution in [3.63, 3.8) is 0 Å². The third-order valence-corrected chi connectivity index (χ3v) is 8.96. The Morgan fingerprint density at radius 2 is 1.23 bits per heavy atom. The predicted molar refractivity (Wildman–Crippen MR) is 199 cm³/mol. The number of ether oxygens (including phenoxy) is 8. The first-order valence-corrected chi connectivity index (χ1v) is 17.2. The first-order chi connectivity index (χ1) is 25.9. The summed E-state index contributed by atoms with van der Waals surface area (Å²) in [5.41, 5.74) is 7.63. The Morgan fingerprint density at radius 1 is 0.604 bits per heavy atom. The summed E-state index contributed by atoms with van der Waals surface area (Å²) in [6.07, 6.45) is 3.61. The van der Waals surface area contributed by atoms with E-state index in [4.69, 9.17) is 42.7 Å². The first kappa shape index (κ1) is 36.8. The van der Waals surface area contributed by atoms with Crippen LogP contribution in [0.4, 0.5) is 5.69 Å². The predicted octanol–water partition coefficient (Wildman–Crippen LogP) is 6.84. The maximum absolute atomic E-state index is 12.6. The lowest BCUT2D eigenvalue weighted by Crippen LogP contribution is -2.38. The van der Waals surface area contributed by atoms with E-state index in [0.717, 1.165) is 47.3 Å². The number of rotatable bonds is 17. The fraction of sp³-hybridized carbons (Fsp3) is 0.325. The molecule has 3 N–H and O–H groups in total. The third kappa shape index (κ3) is 8.10. The van der Waals surface area contributed by atoms with Crippen LogP contribution >= 0.6 is 0 Å². The Balaban J connectivity index is 1.01. The van der Waals surface area contributed by atoms with Gasteiger partial charge in [-0.15, -0.1) is 0 Å². The number of benzene rings is 4. The molecule has 2 unspecified atom stereocenters. The van der Waals surface area contributed by atoms with Gasteiger partial charge in [-0.3, -0.25) is 15.1 Å². The van der Waals surface area contributed by atoms with Gasteiger partial charge in [-0.25, -0.2) is 0 Å². The number of amides is 1. The average Bonchev–Trinajstić information content (AvgIpc) is 3.70. The quantitative estimate of drug-likeness (QED) is 0.0983. The van der Waals surface area contributed by atoms with Crippen molar-refractivity contribution in [1.82, 2.24) is 10.8 Å². The molecule has 0 saturated carbocycles. The van der Waals surface area contributed by atoms with E-state index >= 15 is 0 Å². The first-order valence-electron chi connectivity index (χ1n) is 17.2. The lowest BCUT2D eigenvalue weighted by molar-refractivity contribution is 0.0508. The molecule has 1 amide bonds. The molecule has 2 heterocycles. The molecule has 0 radical (unpaired) electrons. The molecule has 0 saturated heterocycles. The summed E-state index contributed by atoms with van der Waals surface area (Å²) in [6.45, 7) is 0.962. The van der Waals surface area contributed by atoms with Crippen LogP contribution in [0.1, 0.15) is 58.6 Å². The number of carbonyl (C=O) groups excluding carboxylic acids is 1. The maximum Gasteiger partial charge on any atom is 0.255 e. The molecule has 0 spiro atoms. The van der Waals surface area contributed by atoms with Gasteiger partial charge >= 0.3 is 0 Å². The van der Waals surface area contributed by atoms with Crippen LogP contribution in [0.15, 0.2) is 72.8 Å². The molecule has 53 heavy (non-hydrogen) atoms. The van der Waals surface area contributed by atoms with Crippen LogP contribution in [0.2, 0.25) is 0 Å². The monoisotopic (exact) mass is 727 g/mol. The SMILES string of the molecule is COc1cc(C2NC(=O)c3ccccc3N2)ccc1OCCCCCOc1c(OC)cc(C2C=C(c3cc(OC)c(OC)c(OC)c3)NO2)cc1OC. The lowest BCUT2D eigenvalue weighted by Gasteiger charge is -2.28. The Hall–Kier alpha value is -5.95. The minimum atomic E-state index is -0.432. The number of hydroxylamine groups is 1. The number of hydrogen-bond donors (Lipinski definition) is 3. The topological polar surface area (TPSA) is 136 Å². The molecule has 6 rings (SSSR count). The molecule has 13 heteroatoms. The number of carbonyl (C=O) groups is 1. The smallest absolute Gasteiger partial charge is 0.255 e. The number of hydrogen-bond acceptors (Lipinski definition) is 12. The van der Waals surface area contributed by atoms with Gasteiger partial charge in [-0.2, -0.15) is 0 Å².